The molecule has 0 amide bonds. The van der Waals surface area contributed by atoms with Crippen LogP contribution in [-0.4, -0.2) is 44.6 Å². The highest BCUT2D eigenvalue weighted by molar-refractivity contribution is 5.49. The summed E-state index contributed by atoms with van der Waals surface area (Å²) < 4.78 is 45.8. The molecule has 0 unspecified atom stereocenters. The number of benzene rings is 2. The summed E-state index contributed by atoms with van der Waals surface area (Å²) in [6.07, 6.45) is -3.63. The first kappa shape index (κ1) is 19.4. The van der Waals surface area contributed by atoms with Gasteiger partial charge in [0.2, 0.25) is 0 Å². The van der Waals surface area contributed by atoms with E-state index < -0.39 is 6.36 Å². The zero-order chi connectivity index (χ0) is 19.3. The van der Waals surface area contributed by atoms with Gasteiger partial charge in [-0.05, 0) is 48.4 Å². The number of hydrogen-bond donors (Lipinski definition) is 0. The number of alkyl halides is 3. The molecule has 0 radical (unpaired) electrons. The topological polar surface area (TPSA) is 24.9 Å². The zero-order valence-corrected chi connectivity index (χ0v) is 15.2. The maximum absolute atomic E-state index is 12.2. The monoisotopic (exact) mass is 380 g/mol. The molecule has 27 heavy (non-hydrogen) atoms. The van der Waals surface area contributed by atoms with Crippen molar-refractivity contribution in [3.8, 4) is 11.5 Å². The van der Waals surface area contributed by atoms with Crippen molar-refractivity contribution in [1.82, 2.24) is 4.90 Å². The molecule has 4 nitrogen and oxygen atoms in total. The van der Waals surface area contributed by atoms with E-state index in [2.05, 4.69) is 26.7 Å². The Kier molecular flexibility index (Phi) is 6.11. The molecule has 7 heteroatoms. The number of methoxy groups -OCH3 is 1. The van der Waals surface area contributed by atoms with Crippen molar-refractivity contribution < 1.29 is 22.6 Å². The normalized spacial score (nSPS) is 16.1. The fraction of sp³-hybridized carbons (Fsp3) is 0.400. The summed E-state index contributed by atoms with van der Waals surface area (Å²) in [5, 5.41) is 0. The molecule has 0 bridgehead atoms. The average Bonchev–Trinajstić information content (AvgIpc) is 2.88. The summed E-state index contributed by atoms with van der Waals surface area (Å²) in [7, 11) is 1.65. The van der Waals surface area contributed by atoms with Gasteiger partial charge in [0.25, 0.3) is 0 Å². The van der Waals surface area contributed by atoms with Crippen LogP contribution in [-0.2, 0) is 6.54 Å². The largest absolute Gasteiger partial charge is 0.573 e. The van der Waals surface area contributed by atoms with E-state index in [-0.39, 0.29) is 5.75 Å². The quantitative estimate of drug-likeness (QED) is 0.772. The smallest absolute Gasteiger partial charge is 0.497 e. The highest BCUT2D eigenvalue weighted by Crippen LogP contribution is 2.24. The standard InChI is InChI=1S/C20H23F3N2O2/c1-26-18-9-5-17(6-10-18)25-12-2-11-24(13-14-25)15-16-3-7-19(8-4-16)27-20(21,22)23/h3-10H,2,11-15H2,1H3. The summed E-state index contributed by atoms with van der Waals surface area (Å²) in [6, 6.07) is 14.2. The van der Waals surface area contributed by atoms with Gasteiger partial charge in [-0.1, -0.05) is 12.1 Å². The molecule has 0 saturated carbocycles. The van der Waals surface area contributed by atoms with Gasteiger partial charge in [0.05, 0.1) is 7.11 Å². The van der Waals surface area contributed by atoms with Crippen molar-refractivity contribution in [3.63, 3.8) is 0 Å². The molecule has 1 heterocycles. The zero-order valence-electron chi connectivity index (χ0n) is 15.2. The van der Waals surface area contributed by atoms with Gasteiger partial charge in [0, 0.05) is 38.4 Å². The van der Waals surface area contributed by atoms with Gasteiger partial charge in [0.15, 0.2) is 0 Å². The second-order valence-electron chi connectivity index (χ2n) is 6.51. The van der Waals surface area contributed by atoms with Crippen molar-refractivity contribution in [2.45, 2.75) is 19.3 Å². The maximum atomic E-state index is 12.2. The van der Waals surface area contributed by atoms with Crippen LogP contribution >= 0.6 is 0 Å². The summed E-state index contributed by atoms with van der Waals surface area (Å²) in [4.78, 5) is 4.67. The van der Waals surface area contributed by atoms with E-state index in [1.54, 1.807) is 19.2 Å². The van der Waals surface area contributed by atoms with Crippen LogP contribution in [0.5, 0.6) is 11.5 Å². The van der Waals surface area contributed by atoms with E-state index in [0.29, 0.717) is 6.54 Å². The minimum Gasteiger partial charge on any atom is -0.497 e. The Hall–Kier alpha value is -2.41. The summed E-state index contributed by atoms with van der Waals surface area (Å²) in [5.41, 5.74) is 2.15. The average molecular weight is 380 g/mol. The first-order valence-corrected chi connectivity index (χ1v) is 8.89. The predicted molar refractivity (Wildman–Crippen MR) is 98.2 cm³/mol. The lowest BCUT2D eigenvalue weighted by Crippen LogP contribution is -2.30. The molecular formula is C20H23F3N2O2. The lowest BCUT2D eigenvalue weighted by Gasteiger charge is -2.24. The lowest BCUT2D eigenvalue weighted by molar-refractivity contribution is -0.274. The Labute approximate surface area is 157 Å². The van der Waals surface area contributed by atoms with E-state index in [9.17, 15) is 13.2 Å². The van der Waals surface area contributed by atoms with Gasteiger partial charge >= 0.3 is 6.36 Å². The van der Waals surface area contributed by atoms with Gasteiger partial charge in [-0.3, -0.25) is 4.90 Å². The van der Waals surface area contributed by atoms with Crippen molar-refractivity contribution in [2.24, 2.45) is 0 Å². The van der Waals surface area contributed by atoms with Gasteiger partial charge in [-0.15, -0.1) is 13.2 Å². The number of anilines is 1. The van der Waals surface area contributed by atoms with Crippen LogP contribution < -0.4 is 14.4 Å². The van der Waals surface area contributed by atoms with Crippen LogP contribution in [0, 0.1) is 0 Å². The van der Waals surface area contributed by atoms with Crippen molar-refractivity contribution in [3.05, 3.63) is 54.1 Å². The van der Waals surface area contributed by atoms with E-state index in [1.807, 2.05) is 12.1 Å². The fourth-order valence-electron chi connectivity index (χ4n) is 3.24. The molecule has 1 fully saturated rings. The van der Waals surface area contributed by atoms with E-state index in [1.165, 1.54) is 17.8 Å². The number of halogens is 3. The molecule has 3 rings (SSSR count). The molecule has 2 aromatic rings. The Morgan fingerprint density at radius 1 is 0.852 bits per heavy atom. The Bertz CT molecular complexity index is 718. The number of nitrogens with zero attached hydrogens (tertiary/aromatic N) is 2. The van der Waals surface area contributed by atoms with Gasteiger partial charge in [0.1, 0.15) is 11.5 Å². The van der Waals surface area contributed by atoms with Crippen molar-refractivity contribution in [2.75, 3.05) is 38.2 Å². The third kappa shape index (κ3) is 5.79. The lowest BCUT2D eigenvalue weighted by atomic mass is 10.2. The Morgan fingerprint density at radius 2 is 1.52 bits per heavy atom. The van der Waals surface area contributed by atoms with Crippen LogP contribution in [0.25, 0.3) is 0 Å². The third-order valence-corrected chi connectivity index (χ3v) is 4.59. The van der Waals surface area contributed by atoms with Crippen LogP contribution in [0.4, 0.5) is 18.9 Å². The second-order valence-corrected chi connectivity index (χ2v) is 6.51. The Morgan fingerprint density at radius 3 is 2.15 bits per heavy atom. The first-order chi connectivity index (χ1) is 12.9. The van der Waals surface area contributed by atoms with Gasteiger partial charge in [-0.25, -0.2) is 0 Å². The minimum absolute atomic E-state index is 0.187. The summed E-state index contributed by atoms with van der Waals surface area (Å²) in [6.45, 7) is 4.44. The highest BCUT2D eigenvalue weighted by atomic mass is 19.4. The second kappa shape index (κ2) is 8.52. The van der Waals surface area contributed by atoms with E-state index >= 15 is 0 Å². The summed E-state index contributed by atoms with van der Waals surface area (Å²) in [5.74, 6) is 0.654. The highest BCUT2D eigenvalue weighted by Gasteiger charge is 2.31. The summed E-state index contributed by atoms with van der Waals surface area (Å²) >= 11 is 0. The molecule has 2 aromatic carbocycles. The van der Waals surface area contributed by atoms with E-state index in [0.717, 1.165) is 43.9 Å². The molecule has 0 N–H and O–H groups in total. The third-order valence-electron chi connectivity index (χ3n) is 4.59. The molecule has 1 aliphatic rings. The maximum Gasteiger partial charge on any atom is 0.573 e. The molecule has 0 aliphatic carbocycles. The number of ether oxygens (including phenoxy) is 2. The van der Waals surface area contributed by atoms with E-state index in [4.69, 9.17) is 4.74 Å². The number of rotatable bonds is 5. The molecule has 1 aliphatic heterocycles. The van der Waals surface area contributed by atoms with Crippen LogP contribution in [0.2, 0.25) is 0 Å². The van der Waals surface area contributed by atoms with Gasteiger partial charge in [-0.2, -0.15) is 0 Å². The molecule has 1 saturated heterocycles. The van der Waals surface area contributed by atoms with Crippen molar-refractivity contribution >= 4 is 5.69 Å². The molecule has 0 spiro atoms. The molecule has 0 atom stereocenters. The number of hydrogen-bond acceptors (Lipinski definition) is 4. The SMILES string of the molecule is COc1ccc(N2CCCN(Cc3ccc(OC(F)(F)F)cc3)CC2)cc1. The molecule has 0 aromatic heterocycles. The van der Waals surface area contributed by atoms with Crippen LogP contribution in [0.3, 0.4) is 0 Å². The fourth-order valence-corrected chi connectivity index (χ4v) is 3.24. The first-order valence-electron chi connectivity index (χ1n) is 8.89. The molecule has 146 valence electrons. The predicted octanol–water partition coefficient (Wildman–Crippen LogP) is 4.31. The van der Waals surface area contributed by atoms with Crippen LogP contribution in [0.1, 0.15) is 12.0 Å². The minimum atomic E-state index is -4.66. The molecular weight excluding hydrogens is 357 g/mol. The van der Waals surface area contributed by atoms with Gasteiger partial charge < -0.3 is 14.4 Å². The Balaban J connectivity index is 1.54. The van der Waals surface area contributed by atoms with Crippen molar-refractivity contribution in [1.29, 1.82) is 0 Å². The van der Waals surface area contributed by atoms with Crippen LogP contribution in [0.15, 0.2) is 48.5 Å².